The van der Waals surface area contributed by atoms with E-state index >= 15 is 0 Å². The third-order valence-electron chi connectivity index (χ3n) is 4.01. The summed E-state index contributed by atoms with van der Waals surface area (Å²) in [6.45, 7) is 15.0. The molecule has 0 saturated heterocycles. The van der Waals surface area contributed by atoms with Crippen molar-refractivity contribution in [2.75, 3.05) is 13.3 Å². The fourth-order valence-corrected chi connectivity index (χ4v) is 4.26. The Balaban J connectivity index is 2.74. The predicted octanol–water partition coefficient (Wildman–Crippen LogP) is 4.68. The molecule has 1 aliphatic carbocycles. The van der Waals surface area contributed by atoms with Gasteiger partial charge in [0.05, 0.1) is 6.10 Å². The Morgan fingerprint density at radius 2 is 1.88 bits per heavy atom. The topological polar surface area (TPSA) is 26.3 Å². The first-order valence-electron chi connectivity index (χ1n) is 6.37. The predicted molar refractivity (Wildman–Crippen MR) is 78.8 cm³/mol. The molecule has 1 rings (SSSR count). The van der Waals surface area contributed by atoms with Gasteiger partial charge in [0.1, 0.15) is 7.14 Å². The van der Waals surface area contributed by atoms with Gasteiger partial charge in [-0.25, -0.2) is 0 Å². The molecule has 4 heteroatoms. The van der Waals surface area contributed by atoms with Gasteiger partial charge in [0.2, 0.25) is 0 Å². The summed E-state index contributed by atoms with van der Waals surface area (Å²) in [5.74, 6) is 0. The van der Waals surface area contributed by atoms with Gasteiger partial charge < -0.3 is 8.99 Å². The van der Waals surface area contributed by atoms with E-state index in [-0.39, 0.29) is 11.1 Å². The zero-order valence-electron chi connectivity index (χ0n) is 12.3. The van der Waals surface area contributed by atoms with Crippen LogP contribution < -0.4 is 0 Å². The van der Waals surface area contributed by atoms with Gasteiger partial charge in [0, 0.05) is 0 Å². The molecule has 1 atom stereocenters. The van der Waals surface area contributed by atoms with E-state index in [4.69, 9.17) is 4.43 Å². The highest BCUT2D eigenvalue weighted by atomic mass is 31.2. The molecule has 0 N–H and O–H groups in total. The van der Waals surface area contributed by atoms with Crippen molar-refractivity contribution >= 4 is 15.5 Å². The lowest BCUT2D eigenvalue weighted by molar-refractivity contribution is 0.224. The van der Waals surface area contributed by atoms with E-state index in [0.717, 1.165) is 18.2 Å². The average Bonchev–Trinajstić information content (AvgIpc) is 2.48. The second-order valence-electron chi connectivity index (χ2n) is 6.96. The molecule has 0 amide bonds. The summed E-state index contributed by atoms with van der Waals surface area (Å²) >= 11 is 0. The maximum Gasteiger partial charge on any atom is 0.192 e. The van der Waals surface area contributed by atoms with Gasteiger partial charge >= 0.3 is 0 Å². The fraction of sp³-hybridized carbons (Fsp3) is 0.846. The van der Waals surface area contributed by atoms with Crippen molar-refractivity contribution in [1.29, 1.82) is 0 Å². The van der Waals surface area contributed by atoms with Crippen molar-refractivity contribution in [3.8, 4) is 0 Å². The summed E-state index contributed by atoms with van der Waals surface area (Å²) in [6.07, 6.45) is 4.28. The van der Waals surface area contributed by atoms with Crippen LogP contribution in [0.5, 0.6) is 0 Å². The quantitative estimate of drug-likeness (QED) is 0.552. The molecular weight excluding hydrogens is 247 g/mol. The Morgan fingerprint density at radius 3 is 2.24 bits per heavy atom. The molecule has 0 aromatic carbocycles. The van der Waals surface area contributed by atoms with Crippen molar-refractivity contribution in [3.05, 3.63) is 11.4 Å². The van der Waals surface area contributed by atoms with Crippen LogP contribution in [-0.4, -0.2) is 27.8 Å². The van der Waals surface area contributed by atoms with Gasteiger partial charge in [-0.1, -0.05) is 26.8 Å². The first kappa shape index (κ1) is 15.2. The normalized spacial score (nSPS) is 22.8. The zero-order chi connectivity index (χ0) is 13.5. The molecule has 0 saturated carbocycles. The van der Waals surface area contributed by atoms with E-state index < -0.39 is 15.5 Å². The van der Waals surface area contributed by atoms with Crippen LogP contribution in [0.25, 0.3) is 0 Å². The minimum absolute atomic E-state index is 0.194. The van der Waals surface area contributed by atoms with Crippen LogP contribution in [0.15, 0.2) is 11.4 Å². The highest BCUT2D eigenvalue weighted by Gasteiger charge is 2.39. The lowest BCUT2D eigenvalue weighted by atomic mass is 10.2. The van der Waals surface area contributed by atoms with Crippen molar-refractivity contribution in [1.82, 2.24) is 0 Å². The molecule has 0 aromatic rings. The fourth-order valence-electron chi connectivity index (χ4n) is 1.77. The molecule has 0 radical (unpaired) electrons. The molecule has 1 aliphatic rings. The number of hydrogen-bond acceptors (Lipinski definition) is 2. The Bertz CT molecular complexity index is 360. The summed E-state index contributed by atoms with van der Waals surface area (Å²) in [4.78, 5) is 0. The molecule has 0 fully saturated rings. The zero-order valence-corrected chi connectivity index (χ0v) is 14.2. The lowest BCUT2D eigenvalue weighted by Gasteiger charge is -2.38. The lowest BCUT2D eigenvalue weighted by Crippen LogP contribution is -2.43. The third kappa shape index (κ3) is 3.80. The molecule has 100 valence electrons. The van der Waals surface area contributed by atoms with Crippen LogP contribution >= 0.6 is 7.14 Å². The Labute approximate surface area is 107 Å². The van der Waals surface area contributed by atoms with Gasteiger partial charge in [0.25, 0.3) is 0 Å². The van der Waals surface area contributed by atoms with E-state index in [1.165, 1.54) is 0 Å². The molecule has 0 aliphatic heterocycles. The van der Waals surface area contributed by atoms with Crippen molar-refractivity contribution < 1.29 is 8.99 Å². The van der Waals surface area contributed by atoms with Crippen LogP contribution in [-0.2, 0) is 8.99 Å². The summed E-state index contributed by atoms with van der Waals surface area (Å²) in [7, 11) is -3.75. The summed E-state index contributed by atoms with van der Waals surface area (Å²) < 4.78 is 18.3. The van der Waals surface area contributed by atoms with E-state index in [1.807, 2.05) is 13.3 Å². The molecular formula is C13H27O2PSi. The van der Waals surface area contributed by atoms with Gasteiger partial charge in [-0.05, 0) is 49.6 Å². The summed E-state index contributed by atoms with van der Waals surface area (Å²) in [6, 6.07) is 0. The monoisotopic (exact) mass is 274 g/mol. The van der Waals surface area contributed by atoms with Crippen LogP contribution in [0.3, 0.4) is 0 Å². The highest BCUT2D eigenvalue weighted by Crippen LogP contribution is 2.52. The highest BCUT2D eigenvalue weighted by molar-refractivity contribution is 7.66. The van der Waals surface area contributed by atoms with Crippen LogP contribution in [0, 0.1) is 0 Å². The molecule has 0 aromatic heterocycles. The van der Waals surface area contributed by atoms with E-state index in [2.05, 4.69) is 39.9 Å². The first-order valence-corrected chi connectivity index (χ1v) is 11.9. The molecule has 0 bridgehead atoms. The minimum Gasteiger partial charge on any atom is -0.411 e. The van der Waals surface area contributed by atoms with Crippen LogP contribution in [0.1, 0.15) is 33.6 Å². The average molecular weight is 274 g/mol. The number of hydrogen-bond donors (Lipinski definition) is 0. The molecule has 17 heavy (non-hydrogen) atoms. The van der Waals surface area contributed by atoms with Crippen molar-refractivity contribution in [2.24, 2.45) is 0 Å². The van der Waals surface area contributed by atoms with Gasteiger partial charge in [0.15, 0.2) is 8.32 Å². The van der Waals surface area contributed by atoms with Gasteiger partial charge in [-0.15, -0.1) is 0 Å². The molecule has 2 nitrogen and oxygen atoms in total. The third-order valence-corrected chi connectivity index (χ3v) is 10.3. The number of rotatable bonds is 3. The van der Waals surface area contributed by atoms with Gasteiger partial charge in [-0.3, -0.25) is 0 Å². The second kappa shape index (κ2) is 4.68. The standard InChI is InChI=1S/C13H27O2PSi/c1-13(2,3)17(6,7)15-11-8-9-12(10-11)16(4,5)14/h10-11H,8-9H2,1-7H3. The largest absolute Gasteiger partial charge is 0.411 e. The van der Waals surface area contributed by atoms with Crippen molar-refractivity contribution in [2.45, 2.75) is 57.8 Å². The maximum atomic E-state index is 12.0. The van der Waals surface area contributed by atoms with E-state index in [9.17, 15) is 4.57 Å². The van der Waals surface area contributed by atoms with E-state index in [0.29, 0.717) is 0 Å². The molecule has 0 spiro atoms. The first-order chi connectivity index (χ1) is 7.43. The Hall–Kier alpha value is 0.147. The smallest absolute Gasteiger partial charge is 0.192 e. The summed E-state index contributed by atoms with van der Waals surface area (Å²) in [5, 5.41) is 1.37. The Morgan fingerprint density at radius 1 is 1.35 bits per heavy atom. The van der Waals surface area contributed by atoms with Crippen molar-refractivity contribution in [3.63, 3.8) is 0 Å². The Kier molecular flexibility index (Phi) is 4.18. The van der Waals surface area contributed by atoms with Crippen LogP contribution in [0.4, 0.5) is 0 Å². The maximum absolute atomic E-state index is 12.0. The second-order valence-corrected chi connectivity index (χ2v) is 15.0. The van der Waals surface area contributed by atoms with Gasteiger partial charge in [-0.2, -0.15) is 0 Å². The molecule has 1 unspecified atom stereocenters. The SMILES string of the molecule is CC(C)(C)[Si](C)(C)OC1C=C(P(C)(C)=O)CC1. The van der Waals surface area contributed by atoms with E-state index in [1.54, 1.807) is 0 Å². The molecule has 0 heterocycles. The van der Waals surface area contributed by atoms with Crippen LogP contribution in [0.2, 0.25) is 18.1 Å². The minimum atomic E-state index is -2.06. The number of allylic oxidation sites excluding steroid dienone is 1. The summed E-state index contributed by atoms with van der Waals surface area (Å²) in [5.41, 5.74) is 0.